The molecule has 0 radical (unpaired) electrons. The minimum atomic E-state index is -0.366. The molecule has 106 valence electrons. The Kier molecular flexibility index (Phi) is 3.76. The van der Waals surface area contributed by atoms with Crippen LogP contribution in [0.1, 0.15) is 9.75 Å². The molecular weight excluding hydrogens is 307 g/mol. The summed E-state index contributed by atoms with van der Waals surface area (Å²) in [5, 5.41) is 11.0. The van der Waals surface area contributed by atoms with Gasteiger partial charge in [0.25, 0.3) is 0 Å². The average Bonchev–Trinajstić information content (AvgIpc) is 3.04. The molecule has 4 nitrogen and oxygen atoms in total. The average molecular weight is 318 g/mol. The highest BCUT2D eigenvalue weighted by Gasteiger charge is 2.12. The van der Waals surface area contributed by atoms with Crippen molar-refractivity contribution in [1.82, 2.24) is 14.9 Å². The van der Waals surface area contributed by atoms with Crippen LogP contribution in [0.2, 0.25) is 0 Å². The molecule has 0 saturated heterocycles. The number of hydrogen-bond acceptors (Lipinski definition) is 4. The van der Waals surface area contributed by atoms with E-state index in [9.17, 15) is 4.39 Å². The standard InChI is InChI=1S/C14H11FN4S2/c1-9-6-7-10(21-9)8-16-19-13(17-18-14(19)20)11-4-2-3-5-12(11)15/h2-8H,1H3,(H,18,20)/b16-8-. The number of halogens is 1. The summed E-state index contributed by atoms with van der Waals surface area (Å²) >= 11 is 6.77. The summed E-state index contributed by atoms with van der Waals surface area (Å²) in [5.41, 5.74) is 0.351. The Hall–Kier alpha value is -2.12. The van der Waals surface area contributed by atoms with Crippen molar-refractivity contribution in [1.29, 1.82) is 0 Å². The van der Waals surface area contributed by atoms with E-state index in [4.69, 9.17) is 12.2 Å². The van der Waals surface area contributed by atoms with Crippen molar-refractivity contribution < 1.29 is 4.39 Å². The second-order valence-electron chi connectivity index (χ2n) is 4.34. The summed E-state index contributed by atoms with van der Waals surface area (Å²) in [4.78, 5) is 2.19. The van der Waals surface area contributed by atoms with Crippen LogP contribution in [0.5, 0.6) is 0 Å². The zero-order chi connectivity index (χ0) is 14.8. The van der Waals surface area contributed by atoms with Gasteiger partial charge in [0, 0.05) is 9.75 Å². The predicted octanol–water partition coefficient (Wildman–Crippen LogP) is 4.00. The largest absolute Gasteiger partial charge is 0.250 e. The van der Waals surface area contributed by atoms with Gasteiger partial charge in [-0.2, -0.15) is 14.9 Å². The van der Waals surface area contributed by atoms with E-state index < -0.39 is 0 Å². The second kappa shape index (κ2) is 5.71. The maximum atomic E-state index is 13.9. The lowest BCUT2D eigenvalue weighted by molar-refractivity contribution is 0.628. The molecule has 2 heterocycles. The Labute approximate surface area is 129 Å². The summed E-state index contributed by atoms with van der Waals surface area (Å²) in [6.07, 6.45) is 1.69. The minimum absolute atomic E-state index is 0.317. The minimum Gasteiger partial charge on any atom is -0.250 e. The van der Waals surface area contributed by atoms with Crippen LogP contribution in [-0.4, -0.2) is 21.1 Å². The van der Waals surface area contributed by atoms with E-state index in [0.29, 0.717) is 16.2 Å². The van der Waals surface area contributed by atoms with Crippen molar-refractivity contribution in [2.75, 3.05) is 0 Å². The number of H-pyrrole nitrogens is 1. The van der Waals surface area contributed by atoms with Crippen LogP contribution >= 0.6 is 23.6 Å². The van der Waals surface area contributed by atoms with Crippen molar-refractivity contribution in [3.05, 3.63) is 56.7 Å². The highest BCUT2D eigenvalue weighted by atomic mass is 32.1. The number of aryl methyl sites for hydroxylation is 1. The summed E-state index contributed by atoms with van der Waals surface area (Å²) in [6.45, 7) is 2.02. The predicted molar refractivity (Wildman–Crippen MR) is 84.9 cm³/mol. The fraction of sp³-hybridized carbons (Fsp3) is 0.0714. The summed E-state index contributed by atoms with van der Waals surface area (Å²) in [7, 11) is 0. The van der Waals surface area contributed by atoms with E-state index in [1.54, 1.807) is 35.8 Å². The molecule has 3 rings (SSSR count). The SMILES string of the molecule is Cc1ccc(/C=N\n2c(-c3ccccc3F)n[nH]c2=S)s1. The van der Waals surface area contributed by atoms with Gasteiger partial charge in [-0.25, -0.2) is 9.49 Å². The fourth-order valence-electron chi connectivity index (χ4n) is 1.85. The van der Waals surface area contributed by atoms with Crippen LogP contribution in [0.4, 0.5) is 4.39 Å². The van der Waals surface area contributed by atoms with Gasteiger partial charge in [-0.3, -0.25) is 0 Å². The lowest BCUT2D eigenvalue weighted by atomic mass is 10.2. The molecule has 21 heavy (non-hydrogen) atoms. The van der Waals surface area contributed by atoms with Crippen LogP contribution in [0, 0.1) is 17.5 Å². The first-order valence-corrected chi connectivity index (χ1v) is 7.41. The van der Waals surface area contributed by atoms with E-state index >= 15 is 0 Å². The molecule has 0 aliphatic heterocycles. The zero-order valence-corrected chi connectivity index (χ0v) is 12.7. The Balaban J connectivity index is 2.04. The summed E-state index contributed by atoms with van der Waals surface area (Å²) < 4.78 is 15.6. The van der Waals surface area contributed by atoms with Gasteiger partial charge in [-0.1, -0.05) is 12.1 Å². The normalized spacial score (nSPS) is 11.3. The van der Waals surface area contributed by atoms with Crippen LogP contribution in [0.15, 0.2) is 41.5 Å². The highest BCUT2D eigenvalue weighted by molar-refractivity contribution is 7.71. The molecule has 0 aliphatic rings. The van der Waals surface area contributed by atoms with Gasteiger partial charge in [0.2, 0.25) is 4.77 Å². The van der Waals surface area contributed by atoms with Gasteiger partial charge in [-0.05, 0) is 43.4 Å². The Bertz CT molecular complexity index is 860. The van der Waals surface area contributed by atoms with Gasteiger partial charge >= 0.3 is 0 Å². The molecule has 1 aromatic carbocycles. The van der Waals surface area contributed by atoms with Crippen molar-refractivity contribution in [3.8, 4) is 11.4 Å². The number of aromatic nitrogens is 3. The smallest absolute Gasteiger partial charge is 0.216 e. The van der Waals surface area contributed by atoms with Crippen molar-refractivity contribution >= 4 is 29.8 Å². The first kappa shape index (κ1) is 13.8. The molecule has 3 aromatic rings. The van der Waals surface area contributed by atoms with Crippen molar-refractivity contribution in [3.63, 3.8) is 0 Å². The third-order valence-corrected chi connectivity index (χ3v) is 4.03. The maximum absolute atomic E-state index is 13.9. The number of hydrogen-bond donors (Lipinski definition) is 1. The van der Waals surface area contributed by atoms with Crippen LogP contribution in [0.3, 0.4) is 0 Å². The van der Waals surface area contributed by atoms with Gasteiger partial charge < -0.3 is 0 Å². The van der Waals surface area contributed by atoms with Gasteiger partial charge in [0.15, 0.2) is 5.82 Å². The summed E-state index contributed by atoms with van der Waals surface area (Å²) in [5.74, 6) is -0.0162. The maximum Gasteiger partial charge on any atom is 0.216 e. The molecule has 0 unspecified atom stereocenters. The van der Waals surface area contributed by atoms with Crippen LogP contribution in [0.25, 0.3) is 11.4 Å². The molecule has 7 heteroatoms. The van der Waals surface area contributed by atoms with Crippen molar-refractivity contribution in [2.45, 2.75) is 6.92 Å². The lowest BCUT2D eigenvalue weighted by Crippen LogP contribution is -1.96. The number of thiophene rings is 1. The van der Waals surface area contributed by atoms with Gasteiger partial charge in [0.1, 0.15) is 5.82 Å². The number of rotatable bonds is 3. The summed E-state index contributed by atoms with van der Waals surface area (Å²) in [6, 6.07) is 10.4. The topological polar surface area (TPSA) is 46.0 Å². The van der Waals surface area contributed by atoms with Crippen LogP contribution < -0.4 is 0 Å². The molecule has 0 bridgehead atoms. The van der Waals surface area contributed by atoms with E-state index in [2.05, 4.69) is 15.3 Å². The second-order valence-corrected chi connectivity index (χ2v) is 6.04. The number of nitrogens with zero attached hydrogens (tertiary/aromatic N) is 3. The third-order valence-electron chi connectivity index (χ3n) is 2.83. The first-order valence-electron chi connectivity index (χ1n) is 6.18. The molecule has 0 atom stereocenters. The quantitative estimate of drug-likeness (QED) is 0.586. The molecule has 1 N–H and O–H groups in total. The Morgan fingerprint density at radius 3 is 2.86 bits per heavy atom. The molecule has 0 amide bonds. The van der Waals surface area contributed by atoms with Gasteiger partial charge in [0.05, 0.1) is 11.8 Å². The van der Waals surface area contributed by atoms with E-state index in [0.717, 1.165) is 4.88 Å². The van der Waals surface area contributed by atoms with Crippen LogP contribution in [-0.2, 0) is 0 Å². The Morgan fingerprint density at radius 1 is 1.33 bits per heavy atom. The zero-order valence-electron chi connectivity index (χ0n) is 11.1. The van der Waals surface area contributed by atoms with Gasteiger partial charge in [-0.15, -0.1) is 11.3 Å². The Morgan fingerprint density at radius 2 is 2.14 bits per heavy atom. The van der Waals surface area contributed by atoms with E-state index in [1.807, 2.05) is 19.1 Å². The van der Waals surface area contributed by atoms with E-state index in [-0.39, 0.29) is 5.82 Å². The number of benzene rings is 1. The number of aromatic amines is 1. The molecule has 0 aliphatic carbocycles. The third kappa shape index (κ3) is 2.84. The van der Waals surface area contributed by atoms with E-state index in [1.165, 1.54) is 15.6 Å². The fourth-order valence-corrected chi connectivity index (χ4v) is 2.78. The first-order chi connectivity index (χ1) is 10.1. The molecular formula is C14H11FN4S2. The highest BCUT2D eigenvalue weighted by Crippen LogP contribution is 2.20. The molecule has 0 spiro atoms. The molecule has 0 saturated carbocycles. The van der Waals surface area contributed by atoms with Crippen molar-refractivity contribution in [2.24, 2.45) is 5.10 Å². The molecule has 2 aromatic heterocycles. The monoisotopic (exact) mass is 318 g/mol. The lowest BCUT2D eigenvalue weighted by Gasteiger charge is -2.01. The molecule has 0 fully saturated rings. The number of nitrogens with one attached hydrogen (secondary N) is 1.